The molecular weight excluding hydrogens is 296 g/mol. The summed E-state index contributed by atoms with van der Waals surface area (Å²) in [5.74, 6) is -0.325. The number of hydrogen-bond donors (Lipinski definition) is 1. The van der Waals surface area contributed by atoms with Crippen molar-refractivity contribution in [2.75, 3.05) is 20.2 Å². The average molecular weight is 316 g/mol. The van der Waals surface area contributed by atoms with Crippen LogP contribution in [0.15, 0.2) is 39.5 Å². The summed E-state index contributed by atoms with van der Waals surface area (Å²) in [6.45, 7) is 0.857. The molecule has 122 valence electrons. The molecular formula is C17H20N2O4. The fraction of sp³-hybridized carbons (Fsp3) is 0.412. The Morgan fingerprint density at radius 1 is 1.43 bits per heavy atom. The zero-order valence-electron chi connectivity index (χ0n) is 13.0. The van der Waals surface area contributed by atoms with Crippen LogP contribution in [0.1, 0.15) is 23.2 Å². The first-order chi connectivity index (χ1) is 11.1. The van der Waals surface area contributed by atoms with Crippen molar-refractivity contribution in [1.29, 1.82) is 0 Å². The Labute approximate surface area is 133 Å². The van der Waals surface area contributed by atoms with Gasteiger partial charge in [0.2, 0.25) is 0 Å². The summed E-state index contributed by atoms with van der Waals surface area (Å²) in [6.07, 6.45) is 1.51. The number of likely N-dealkylation sites (tertiary alicyclic amines) is 1. The van der Waals surface area contributed by atoms with Crippen LogP contribution in [0.25, 0.3) is 11.0 Å². The smallest absolute Gasteiger partial charge is 0.349 e. The molecule has 23 heavy (non-hydrogen) atoms. The van der Waals surface area contributed by atoms with Gasteiger partial charge in [-0.25, -0.2) is 4.79 Å². The normalized spacial score (nSPS) is 21.6. The molecule has 2 N–H and O–H groups in total. The van der Waals surface area contributed by atoms with Gasteiger partial charge in [0, 0.05) is 31.6 Å². The minimum Gasteiger partial charge on any atom is -0.422 e. The van der Waals surface area contributed by atoms with Crippen LogP contribution in [-0.2, 0) is 4.74 Å². The Bertz CT molecular complexity index is 771. The molecule has 0 spiro atoms. The van der Waals surface area contributed by atoms with E-state index in [0.717, 1.165) is 11.8 Å². The summed E-state index contributed by atoms with van der Waals surface area (Å²) in [5.41, 5.74) is 5.72. The quantitative estimate of drug-likeness (QED) is 0.864. The van der Waals surface area contributed by atoms with Gasteiger partial charge in [-0.1, -0.05) is 18.2 Å². The number of carbonyl (C=O) groups is 1. The van der Waals surface area contributed by atoms with Gasteiger partial charge in [-0.15, -0.1) is 0 Å². The van der Waals surface area contributed by atoms with Crippen LogP contribution < -0.4 is 11.4 Å². The molecule has 0 aliphatic carbocycles. The van der Waals surface area contributed by atoms with Crippen molar-refractivity contribution < 1.29 is 13.9 Å². The van der Waals surface area contributed by atoms with E-state index >= 15 is 0 Å². The number of hydrogen-bond acceptors (Lipinski definition) is 5. The molecule has 2 aromatic rings. The largest absolute Gasteiger partial charge is 0.422 e. The highest BCUT2D eigenvalue weighted by Crippen LogP contribution is 2.22. The number of amides is 1. The molecule has 6 heteroatoms. The highest BCUT2D eigenvalue weighted by Gasteiger charge is 2.32. The van der Waals surface area contributed by atoms with Gasteiger partial charge in [-0.05, 0) is 25.0 Å². The second-order valence-corrected chi connectivity index (χ2v) is 5.76. The van der Waals surface area contributed by atoms with Crippen molar-refractivity contribution in [2.24, 2.45) is 5.73 Å². The van der Waals surface area contributed by atoms with Crippen LogP contribution in [0, 0.1) is 0 Å². The standard InChI is InChI=1S/C17H20N2O4/c1-22-13-6-7-19(12(9-13)10-18)16(20)14-8-11-4-2-3-5-15(11)23-17(14)21/h2-5,8,12-13H,6-7,9-10,18H2,1H3. The number of nitrogens with zero attached hydrogens (tertiary/aromatic N) is 1. The number of benzene rings is 1. The van der Waals surface area contributed by atoms with E-state index in [9.17, 15) is 9.59 Å². The minimum absolute atomic E-state index is 0.0537. The van der Waals surface area contributed by atoms with E-state index in [0.29, 0.717) is 25.1 Å². The van der Waals surface area contributed by atoms with E-state index in [1.807, 2.05) is 12.1 Å². The fourth-order valence-electron chi connectivity index (χ4n) is 3.08. The molecule has 3 rings (SSSR count). The maximum absolute atomic E-state index is 12.8. The molecule has 1 aliphatic heterocycles. The maximum Gasteiger partial charge on any atom is 0.349 e. The third-order valence-corrected chi connectivity index (χ3v) is 4.41. The summed E-state index contributed by atoms with van der Waals surface area (Å²) in [7, 11) is 1.66. The number of para-hydroxylation sites is 1. The zero-order valence-corrected chi connectivity index (χ0v) is 13.0. The number of fused-ring (bicyclic) bond motifs is 1. The highest BCUT2D eigenvalue weighted by atomic mass is 16.5. The molecule has 1 fully saturated rings. The molecule has 2 heterocycles. The lowest BCUT2D eigenvalue weighted by molar-refractivity contribution is 0.0137. The van der Waals surface area contributed by atoms with E-state index in [2.05, 4.69) is 0 Å². The Balaban J connectivity index is 1.93. The van der Waals surface area contributed by atoms with Crippen LogP contribution in [-0.4, -0.2) is 43.2 Å². The van der Waals surface area contributed by atoms with E-state index in [-0.39, 0.29) is 23.6 Å². The van der Waals surface area contributed by atoms with Crippen LogP contribution in [0.4, 0.5) is 0 Å². The van der Waals surface area contributed by atoms with Gasteiger partial charge in [-0.3, -0.25) is 4.79 Å². The first-order valence-corrected chi connectivity index (χ1v) is 7.70. The molecule has 1 saturated heterocycles. The Morgan fingerprint density at radius 3 is 2.96 bits per heavy atom. The van der Waals surface area contributed by atoms with Gasteiger partial charge in [-0.2, -0.15) is 0 Å². The minimum atomic E-state index is -0.613. The topological polar surface area (TPSA) is 85.8 Å². The van der Waals surface area contributed by atoms with Crippen LogP contribution in [0.2, 0.25) is 0 Å². The predicted molar refractivity (Wildman–Crippen MR) is 86.4 cm³/mol. The summed E-state index contributed by atoms with van der Waals surface area (Å²) >= 11 is 0. The summed E-state index contributed by atoms with van der Waals surface area (Å²) in [6, 6.07) is 8.60. The number of piperidine rings is 1. The van der Waals surface area contributed by atoms with Crippen LogP contribution in [0.3, 0.4) is 0 Å². The van der Waals surface area contributed by atoms with E-state index < -0.39 is 5.63 Å². The average Bonchev–Trinajstić information content (AvgIpc) is 2.59. The van der Waals surface area contributed by atoms with E-state index in [1.54, 1.807) is 30.2 Å². The van der Waals surface area contributed by atoms with Crippen molar-refractivity contribution >= 4 is 16.9 Å². The van der Waals surface area contributed by atoms with Crippen molar-refractivity contribution in [2.45, 2.75) is 25.0 Å². The molecule has 0 bridgehead atoms. The van der Waals surface area contributed by atoms with Crippen LogP contribution in [0.5, 0.6) is 0 Å². The SMILES string of the molecule is COC1CCN(C(=O)c2cc3ccccc3oc2=O)C(CN)C1. The first kappa shape index (κ1) is 15.7. The molecule has 1 aliphatic rings. The maximum atomic E-state index is 12.8. The summed E-state index contributed by atoms with van der Waals surface area (Å²) < 4.78 is 10.6. The fourth-order valence-corrected chi connectivity index (χ4v) is 3.08. The van der Waals surface area contributed by atoms with Crippen LogP contribution >= 0.6 is 0 Å². The molecule has 1 aromatic carbocycles. The Hall–Kier alpha value is -2.18. The molecule has 1 aromatic heterocycles. The van der Waals surface area contributed by atoms with Crippen molar-refractivity contribution in [3.05, 3.63) is 46.3 Å². The van der Waals surface area contributed by atoms with Gasteiger partial charge in [0.15, 0.2) is 0 Å². The highest BCUT2D eigenvalue weighted by molar-refractivity contribution is 5.96. The van der Waals surface area contributed by atoms with Crippen molar-refractivity contribution in [3.8, 4) is 0 Å². The molecule has 1 amide bonds. The molecule has 0 saturated carbocycles. The third-order valence-electron chi connectivity index (χ3n) is 4.41. The lowest BCUT2D eigenvalue weighted by atomic mass is 9.98. The van der Waals surface area contributed by atoms with Gasteiger partial charge >= 0.3 is 5.63 Å². The number of carbonyl (C=O) groups excluding carboxylic acids is 1. The van der Waals surface area contributed by atoms with Gasteiger partial charge < -0.3 is 19.8 Å². The number of rotatable bonds is 3. The summed E-state index contributed by atoms with van der Waals surface area (Å²) in [4.78, 5) is 26.6. The summed E-state index contributed by atoms with van der Waals surface area (Å²) in [5, 5.41) is 0.728. The van der Waals surface area contributed by atoms with Crippen molar-refractivity contribution in [1.82, 2.24) is 4.90 Å². The van der Waals surface area contributed by atoms with E-state index in [1.165, 1.54) is 0 Å². The predicted octanol–water partition coefficient (Wildman–Crippen LogP) is 1.37. The number of methoxy groups -OCH3 is 1. The van der Waals surface area contributed by atoms with Crippen molar-refractivity contribution in [3.63, 3.8) is 0 Å². The van der Waals surface area contributed by atoms with Gasteiger partial charge in [0.05, 0.1) is 6.10 Å². The monoisotopic (exact) mass is 316 g/mol. The molecule has 0 radical (unpaired) electrons. The number of ether oxygens (including phenoxy) is 1. The number of nitrogens with two attached hydrogens (primary N) is 1. The van der Waals surface area contributed by atoms with E-state index in [4.69, 9.17) is 14.9 Å². The lowest BCUT2D eigenvalue weighted by Gasteiger charge is -2.38. The second-order valence-electron chi connectivity index (χ2n) is 5.76. The lowest BCUT2D eigenvalue weighted by Crippen LogP contribution is -2.51. The molecule has 6 nitrogen and oxygen atoms in total. The third kappa shape index (κ3) is 3.00. The Morgan fingerprint density at radius 2 is 2.22 bits per heavy atom. The Kier molecular flexibility index (Phi) is 4.45. The zero-order chi connectivity index (χ0) is 16.4. The second kappa shape index (κ2) is 6.52. The molecule has 2 atom stereocenters. The molecule has 2 unspecified atom stereocenters. The van der Waals surface area contributed by atoms with Gasteiger partial charge in [0.1, 0.15) is 11.1 Å². The van der Waals surface area contributed by atoms with Gasteiger partial charge in [0.25, 0.3) is 5.91 Å². The first-order valence-electron chi connectivity index (χ1n) is 7.70.